The zero-order chi connectivity index (χ0) is 44.6. The van der Waals surface area contributed by atoms with E-state index in [1.54, 1.807) is 73.1 Å². The van der Waals surface area contributed by atoms with E-state index < -0.39 is 44.6 Å². The number of aromatic nitrogens is 2. The summed E-state index contributed by atoms with van der Waals surface area (Å²) < 4.78 is 90.7. The van der Waals surface area contributed by atoms with E-state index in [0.717, 1.165) is 33.0 Å². The molecule has 0 saturated carbocycles. The lowest BCUT2D eigenvalue weighted by molar-refractivity contribution is -0.292. The minimum absolute atomic E-state index is 0.199. The number of nitrogens with zero attached hydrogens (tertiary/aromatic N) is 2. The van der Waals surface area contributed by atoms with Crippen LogP contribution in [0.15, 0.2) is 192 Å². The standard InChI is InChI=1S/C52H50N2O9S2/c55-64(56,44-21-9-3-10-22-44)53-34-41(46-25-13-15-27-48(46)53)29-31-59-38-43-33-50(61-36-39-17-5-1-6-18-39)51(62-37-40-19-7-2-8-20-40)52(63-43)60-32-30-42-35-54(49-28-16-14-26-47(42)49)65(57,58)45-23-11-4-12-24-45/h1-28,34-35,43,50-52H,29-33,36-38H2/t43-,50-,51+,52-/m0/s1. The van der Waals surface area contributed by atoms with Crippen molar-refractivity contribution in [2.24, 2.45) is 0 Å². The maximum atomic E-state index is 13.8. The van der Waals surface area contributed by atoms with E-state index in [4.69, 9.17) is 23.7 Å². The lowest BCUT2D eigenvalue weighted by atomic mass is 10.0. The van der Waals surface area contributed by atoms with Crippen LogP contribution in [0, 0.1) is 0 Å². The molecule has 9 rings (SSSR count). The summed E-state index contributed by atoms with van der Waals surface area (Å²) in [5.41, 5.74) is 4.85. The molecule has 1 saturated heterocycles. The lowest BCUT2D eigenvalue weighted by Crippen LogP contribution is -2.53. The van der Waals surface area contributed by atoms with Gasteiger partial charge in [0.2, 0.25) is 0 Å². The molecule has 0 spiro atoms. The molecule has 1 aliphatic heterocycles. The van der Waals surface area contributed by atoms with Crippen LogP contribution in [0.1, 0.15) is 28.7 Å². The summed E-state index contributed by atoms with van der Waals surface area (Å²) in [5, 5.41) is 1.65. The van der Waals surface area contributed by atoms with Crippen molar-refractivity contribution >= 4 is 41.9 Å². The Kier molecular flexibility index (Phi) is 13.7. The molecule has 1 fully saturated rings. The van der Waals surface area contributed by atoms with Crippen LogP contribution in [-0.4, -0.2) is 69.2 Å². The van der Waals surface area contributed by atoms with E-state index in [-0.39, 0.29) is 23.0 Å². The third-order valence-corrected chi connectivity index (χ3v) is 15.0. The van der Waals surface area contributed by atoms with Crippen LogP contribution in [0.2, 0.25) is 0 Å². The van der Waals surface area contributed by atoms with E-state index in [9.17, 15) is 16.8 Å². The predicted octanol–water partition coefficient (Wildman–Crippen LogP) is 9.17. The minimum atomic E-state index is -3.86. The average Bonchev–Trinajstić information content (AvgIpc) is 3.92. The molecular weight excluding hydrogens is 861 g/mol. The highest BCUT2D eigenvalue weighted by atomic mass is 32.2. The minimum Gasteiger partial charge on any atom is -0.378 e. The molecule has 0 amide bonds. The smallest absolute Gasteiger partial charge is 0.268 e. The highest BCUT2D eigenvalue weighted by molar-refractivity contribution is 7.90. The zero-order valence-electron chi connectivity index (χ0n) is 35.7. The summed E-state index contributed by atoms with van der Waals surface area (Å²) in [7, 11) is -7.68. The molecule has 8 aromatic rings. The SMILES string of the molecule is O=S(=O)(c1ccccc1)n1cc(CCOC[C@@H]2C[C@H](OCc3ccccc3)[C@@H](OCc3ccccc3)[C@@H](OCCc3cn(S(=O)(=O)c4ccccc4)c4ccccc34)O2)c2ccccc21. The molecular formula is C52H50N2O9S2. The highest BCUT2D eigenvalue weighted by Crippen LogP contribution is 2.31. The van der Waals surface area contributed by atoms with Crippen LogP contribution in [0.4, 0.5) is 0 Å². The van der Waals surface area contributed by atoms with Crippen LogP contribution in [0.5, 0.6) is 0 Å². The first kappa shape index (κ1) is 44.3. The van der Waals surface area contributed by atoms with Gasteiger partial charge in [-0.05, 0) is 71.5 Å². The fourth-order valence-corrected chi connectivity index (χ4v) is 11.2. The molecule has 11 nitrogen and oxygen atoms in total. The lowest BCUT2D eigenvalue weighted by Gasteiger charge is -2.41. The third kappa shape index (κ3) is 10.0. The Hall–Kier alpha value is -5.90. The maximum Gasteiger partial charge on any atom is 0.268 e. The number of fused-ring (bicyclic) bond motifs is 2. The molecule has 13 heteroatoms. The van der Waals surface area contributed by atoms with E-state index >= 15 is 0 Å². The van der Waals surface area contributed by atoms with Crippen molar-refractivity contribution in [1.82, 2.24) is 7.94 Å². The molecule has 334 valence electrons. The Bertz CT molecular complexity index is 3030. The molecule has 65 heavy (non-hydrogen) atoms. The van der Waals surface area contributed by atoms with Gasteiger partial charge in [0.05, 0.1) is 66.1 Å². The molecule has 0 radical (unpaired) electrons. The first-order chi connectivity index (χ1) is 31.8. The van der Waals surface area contributed by atoms with Gasteiger partial charge >= 0.3 is 0 Å². The van der Waals surface area contributed by atoms with Crippen LogP contribution in [-0.2, 0) is 69.8 Å². The van der Waals surface area contributed by atoms with Gasteiger partial charge in [-0.15, -0.1) is 0 Å². The second-order valence-corrected chi connectivity index (χ2v) is 19.6. The second kappa shape index (κ2) is 20.1. The normalized spacial score (nSPS) is 18.0. The monoisotopic (exact) mass is 910 g/mol. The number of hydrogen-bond donors (Lipinski definition) is 0. The Morgan fingerprint density at radius 3 is 1.48 bits per heavy atom. The molecule has 6 aromatic carbocycles. The van der Waals surface area contributed by atoms with E-state index in [1.807, 2.05) is 109 Å². The van der Waals surface area contributed by atoms with Gasteiger partial charge in [-0.1, -0.05) is 133 Å². The number of hydrogen-bond acceptors (Lipinski definition) is 9. The average molecular weight is 911 g/mol. The van der Waals surface area contributed by atoms with Crippen LogP contribution >= 0.6 is 0 Å². The Balaban J connectivity index is 0.937. The summed E-state index contributed by atoms with van der Waals surface area (Å²) in [6.45, 7) is 1.39. The largest absolute Gasteiger partial charge is 0.378 e. The van der Waals surface area contributed by atoms with Gasteiger partial charge < -0.3 is 23.7 Å². The third-order valence-electron chi connectivity index (χ3n) is 11.6. The molecule has 1 aliphatic rings. The Morgan fingerprint density at radius 2 is 0.954 bits per heavy atom. The van der Waals surface area contributed by atoms with Gasteiger partial charge in [0.25, 0.3) is 20.0 Å². The molecule has 0 N–H and O–H groups in total. The van der Waals surface area contributed by atoms with Gasteiger partial charge in [-0.2, -0.15) is 0 Å². The fourth-order valence-electron chi connectivity index (χ4n) is 8.35. The summed E-state index contributed by atoms with van der Waals surface area (Å²) >= 11 is 0. The van der Waals surface area contributed by atoms with Crippen molar-refractivity contribution in [3.8, 4) is 0 Å². The number of benzene rings is 6. The highest BCUT2D eigenvalue weighted by Gasteiger charge is 2.41. The van der Waals surface area contributed by atoms with Crippen molar-refractivity contribution in [3.05, 3.63) is 205 Å². The van der Waals surface area contributed by atoms with Gasteiger partial charge in [0, 0.05) is 29.6 Å². The molecule has 4 atom stereocenters. The van der Waals surface area contributed by atoms with Crippen molar-refractivity contribution in [3.63, 3.8) is 0 Å². The Morgan fingerprint density at radius 1 is 0.508 bits per heavy atom. The number of rotatable bonds is 19. The van der Waals surface area contributed by atoms with E-state index in [2.05, 4.69) is 0 Å². The number of ether oxygens (including phenoxy) is 5. The zero-order valence-corrected chi connectivity index (χ0v) is 37.3. The molecule has 0 aliphatic carbocycles. The van der Waals surface area contributed by atoms with Crippen LogP contribution < -0.4 is 0 Å². The molecule has 3 heterocycles. The summed E-state index contributed by atoms with van der Waals surface area (Å²) in [6, 6.07) is 51.6. The summed E-state index contributed by atoms with van der Waals surface area (Å²) in [4.78, 5) is 0.419. The van der Waals surface area contributed by atoms with E-state index in [0.29, 0.717) is 50.1 Å². The van der Waals surface area contributed by atoms with Crippen molar-refractivity contribution in [2.45, 2.75) is 66.9 Å². The van der Waals surface area contributed by atoms with Crippen molar-refractivity contribution in [1.29, 1.82) is 0 Å². The second-order valence-electron chi connectivity index (χ2n) is 16.0. The molecule has 2 aromatic heterocycles. The number of para-hydroxylation sites is 2. The first-order valence-corrected chi connectivity index (χ1v) is 24.6. The van der Waals surface area contributed by atoms with Crippen molar-refractivity contribution in [2.75, 3.05) is 19.8 Å². The fraction of sp³-hybridized carbons (Fsp3) is 0.231. The van der Waals surface area contributed by atoms with E-state index in [1.165, 1.54) is 7.94 Å². The quantitative estimate of drug-likeness (QED) is 0.0731. The Labute approximate surface area is 379 Å². The van der Waals surface area contributed by atoms with Gasteiger partial charge in [-0.25, -0.2) is 24.8 Å². The summed E-state index contributed by atoms with van der Waals surface area (Å²) in [5.74, 6) is 0. The van der Waals surface area contributed by atoms with Crippen LogP contribution in [0.3, 0.4) is 0 Å². The van der Waals surface area contributed by atoms with Crippen molar-refractivity contribution < 1.29 is 40.5 Å². The maximum absolute atomic E-state index is 13.8. The summed E-state index contributed by atoms with van der Waals surface area (Å²) in [6.07, 6.45) is 2.35. The van der Waals surface area contributed by atoms with Gasteiger partial charge in [-0.3, -0.25) is 0 Å². The van der Waals surface area contributed by atoms with Gasteiger partial charge in [0.15, 0.2) is 6.29 Å². The topological polar surface area (TPSA) is 124 Å². The molecule has 0 bridgehead atoms. The molecule has 0 unspecified atom stereocenters. The van der Waals surface area contributed by atoms with Gasteiger partial charge in [0.1, 0.15) is 6.10 Å². The van der Waals surface area contributed by atoms with Crippen LogP contribution in [0.25, 0.3) is 21.8 Å². The predicted molar refractivity (Wildman–Crippen MR) is 249 cm³/mol. The first-order valence-electron chi connectivity index (χ1n) is 21.7.